The monoisotopic (exact) mass is 655 g/mol. The van der Waals surface area contributed by atoms with Crippen LogP contribution in [0.3, 0.4) is 0 Å². The second kappa shape index (κ2) is 14.9. The van der Waals surface area contributed by atoms with E-state index in [1.54, 1.807) is 42.5 Å². The first kappa shape index (κ1) is 33.9. The van der Waals surface area contributed by atoms with Crippen molar-refractivity contribution in [1.29, 1.82) is 0 Å². The number of benzene rings is 4. The lowest BCUT2D eigenvalue weighted by Crippen LogP contribution is -2.54. The molecule has 0 spiro atoms. The number of rotatable bonds is 12. The molecule has 1 aliphatic rings. The zero-order valence-electron chi connectivity index (χ0n) is 27.2. The third-order valence-electron chi connectivity index (χ3n) is 9.00. The Hall–Kier alpha value is -4.50. The first-order valence-corrected chi connectivity index (χ1v) is 17.5. The molecule has 9 heteroatoms. The molecule has 1 aliphatic carbocycles. The molecule has 0 heterocycles. The van der Waals surface area contributed by atoms with Gasteiger partial charge in [0.2, 0.25) is 11.8 Å². The number of nitrogens with zero attached hydrogens (tertiary/aromatic N) is 2. The van der Waals surface area contributed by atoms with Crippen LogP contribution in [0.5, 0.6) is 0 Å². The average Bonchev–Trinajstić information content (AvgIpc) is 3.57. The number of halogens is 1. The standard InChI is InChI=1S/C38H42FN3O4S/c1-27-20-22-33(23-21-27)47(45,46)42(35-19-11-12-28(2)29(35)3)26-37(43)41(25-31-15-7-10-18-34(31)39)36(24-30-13-5-4-6-14-30)38(44)40-32-16-8-9-17-32/h4-7,10-15,18-23,32,36H,8-9,16-17,24-26H2,1-3H3,(H,40,44)/t36-/m0/s1. The first-order valence-electron chi connectivity index (χ1n) is 16.1. The van der Waals surface area contributed by atoms with Gasteiger partial charge in [0.15, 0.2) is 0 Å². The van der Waals surface area contributed by atoms with Crippen molar-refractivity contribution in [2.75, 3.05) is 10.8 Å². The molecular formula is C38H42FN3O4S. The highest BCUT2D eigenvalue weighted by Crippen LogP contribution is 2.30. The zero-order chi connectivity index (χ0) is 33.6. The van der Waals surface area contributed by atoms with Gasteiger partial charge in [-0.3, -0.25) is 13.9 Å². The van der Waals surface area contributed by atoms with E-state index >= 15 is 4.39 Å². The van der Waals surface area contributed by atoms with E-state index in [1.807, 2.05) is 57.2 Å². The van der Waals surface area contributed by atoms with Crippen molar-refractivity contribution in [3.63, 3.8) is 0 Å². The van der Waals surface area contributed by atoms with Crippen LogP contribution in [-0.2, 0) is 32.6 Å². The van der Waals surface area contributed by atoms with E-state index in [0.29, 0.717) is 11.3 Å². The molecular weight excluding hydrogens is 614 g/mol. The van der Waals surface area contributed by atoms with E-state index in [1.165, 1.54) is 23.1 Å². The predicted octanol–water partition coefficient (Wildman–Crippen LogP) is 6.65. The SMILES string of the molecule is Cc1ccc(S(=O)(=O)N(CC(=O)N(Cc2ccccc2F)[C@@H](Cc2ccccc2)C(=O)NC2CCCC2)c2cccc(C)c2C)cc1. The van der Waals surface area contributed by atoms with Gasteiger partial charge in [0, 0.05) is 24.6 Å². The van der Waals surface area contributed by atoms with Gasteiger partial charge >= 0.3 is 0 Å². The smallest absolute Gasteiger partial charge is 0.264 e. The number of carbonyl (C=O) groups is 2. The van der Waals surface area contributed by atoms with Crippen LogP contribution in [0.2, 0.25) is 0 Å². The maximum absolute atomic E-state index is 15.2. The summed E-state index contributed by atoms with van der Waals surface area (Å²) in [4.78, 5) is 30.1. The number of nitrogens with one attached hydrogen (secondary N) is 1. The molecule has 0 unspecified atom stereocenters. The van der Waals surface area contributed by atoms with Crippen LogP contribution < -0.4 is 9.62 Å². The van der Waals surface area contributed by atoms with Crippen molar-refractivity contribution >= 4 is 27.5 Å². The van der Waals surface area contributed by atoms with Crippen LogP contribution in [0.25, 0.3) is 0 Å². The van der Waals surface area contributed by atoms with Gasteiger partial charge in [-0.2, -0.15) is 0 Å². The Morgan fingerprint density at radius 2 is 1.51 bits per heavy atom. The lowest BCUT2D eigenvalue weighted by molar-refractivity contribution is -0.140. The third kappa shape index (κ3) is 8.08. The summed E-state index contributed by atoms with van der Waals surface area (Å²) in [7, 11) is -4.23. The van der Waals surface area contributed by atoms with Crippen LogP contribution in [0, 0.1) is 26.6 Å². The van der Waals surface area contributed by atoms with Gasteiger partial charge in [0.25, 0.3) is 10.0 Å². The van der Waals surface area contributed by atoms with E-state index in [0.717, 1.165) is 46.7 Å². The van der Waals surface area contributed by atoms with Crippen molar-refractivity contribution in [3.05, 3.63) is 131 Å². The molecule has 0 bridgehead atoms. The molecule has 1 fully saturated rings. The molecule has 0 radical (unpaired) electrons. The molecule has 0 aromatic heterocycles. The highest BCUT2D eigenvalue weighted by atomic mass is 32.2. The summed E-state index contributed by atoms with van der Waals surface area (Å²) < 4.78 is 44.9. The molecule has 7 nitrogen and oxygen atoms in total. The second-order valence-corrected chi connectivity index (χ2v) is 14.2. The van der Waals surface area contributed by atoms with Gasteiger partial charge in [-0.25, -0.2) is 12.8 Å². The summed E-state index contributed by atoms with van der Waals surface area (Å²) in [5.74, 6) is -1.48. The van der Waals surface area contributed by atoms with E-state index in [9.17, 15) is 18.0 Å². The Morgan fingerprint density at radius 1 is 0.851 bits per heavy atom. The fourth-order valence-corrected chi connectivity index (χ4v) is 7.56. The topological polar surface area (TPSA) is 86.8 Å². The molecule has 47 heavy (non-hydrogen) atoms. The quantitative estimate of drug-likeness (QED) is 0.185. The van der Waals surface area contributed by atoms with Crippen molar-refractivity contribution in [2.24, 2.45) is 0 Å². The predicted molar refractivity (Wildman–Crippen MR) is 183 cm³/mol. The molecule has 4 aromatic carbocycles. The largest absolute Gasteiger partial charge is 0.352 e. The highest BCUT2D eigenvalue weighted by Gasteiger charge is 2.36. The van der Waals surface area contributed by atoms with Crippen molar-refractivity contribution in [2.45, 2.75) is 76.4 Å². The van der Waals surface area contributed by atoms with Crippen LogP contribution >= 0.6 is 0 Å². The van der Waals surface area contributed by atoms with Gasteiger partial charge in [0.1, 0.15) is 18.4 Å². The molecule has 1 atom stereocenters. The summed E-state index contributed by atoms with van der Waals surface area (Å²) in [6.45, 7) is 4.76. The Morgan fingerprint density at radius 3 is 2.19 bits per heavy atom. The molecule has 1 N–H and O–H groups in total. The average molecular weight is 656 g/mol. The summed E-state index contributed by atoms with van der Waals surface area (Å²) >= 11 is 0. The Labute approximate surface area is 277 Å². The Kier molecular flexibility index (Phi) is 10.8. The minimum atomic E-state index is -4.23. The van der Waals surface area contributed by atoms with E-state index in [4.69, 9.17) is 0 Å². The van der Waals surface area contributed by atoms with Crippen LogP contribution in [-0.4, -0.2) is 43.8 Å². The summed E-state index contributed by atoms with van der Waals surface area (Å²) in [6.07, 6.45) is 3.88. The number of anilines is 1. The normalized spacial score (nSPS) is 14.0. The molecule has 1 saturated carbocycles. The van der Waals surface area contributed by atoms with E-state index in [-0.39, 0.29) is 35.4 Å². The summed E-state index contributed by atoms with van der Waals surface area (Å²) in [5, 5.41) is 3.14. The molecule has 246 valence electrons. The number of carbonyl (C=O) groups excluding carboxylic acids is 2. The van der Waals surface area contributed by atoms with Gasteiger partial charge in [-0.05, 0) is 74.6 Å². The van der Waals surface area contributed by atoms with Gasteiger partial charge in [-0.1, -0.05) is 91.2 Å². The number of amides is 2. The van der Waals surface area contributed by atoms with E-state index in [2.05, 4.69) is 5.32 Å². The molecule has 0 saturated heterocycles. The maximum Gasteiger partial charge on any atom is 0.264 e. The molecule has 5 rings (SSSR count). The van der Waals surface area contributed by atoms with Crippen molar-refractivity contribution in [3.8, 4) is 0 Å². The minimum absolute atomic E-state index is 0.0143. The second-order valence-electron chi connectivity index (χ2n) is 12.4. The first-order chi connectivity index (χ1) is 22.5. The van der Waals surface area contributed by atoms with Crippen LogP contribution in [0.1, 0.15) is 53.5 Å². The van der Waals surface area contributed by atoms with Gasteiger partial charge < -0.3 is 10.2 Å². The van der Waals surface area contributed by atoms with Gasteiger partial charge in [-0.15, -0.1) is 0 Å². The van der Waals surface area contributed by atoms with Crippen molar-refractivity contribution in [1.82, 2.24) is 10.2 Å². The lowest BCUT2D eigenvalue weighted by Gasteiger charge is -2.35. The van der Waals surface area contributed by atoms with Crippen LogP contribution in [0.15, 0.2) is 102 Å². The third-order valence-corrected chi connectivity index (χ3v) is 10.8. The Balaban J connectivity index is 1.60. The molecule has 0 aliphatic heterocycles. The number of hydrogen-bond acceptors (Lipinski definition) is 4. The summed E-state index contributed by atoms with van der Waals surface area (Å²) in [6, 6.07) is 26.2. The number of sulfonamides is 1. The number of aryl methyl sites for hydroxylation is 2. The van der Waals surface area contributed by atoms with Crippen molar-refractivity contribution < 1.29 is 22.4 Å². The fourth-order valence-electron chi connectivity index (χ4n) is 6.09. The molecule has 2 amide bonds. The Bertz CT molecular complexity index is 1810. The highest BCUT2D eigenvalue weighted by molar-refractivity contribution is 7.92. The number of hydrogen-bond donors (Lipinski definition) is 1. The van der Waals surface area contributed by atoms with Crippen LogP contribution in [0.4, 0.5) is 10.1 Å². The summed E-state index contributed by atoms with van der Waals surface area (Å²) in [5.41, 5.74) is 3.87. The fraction of sp³-hybridized carbons (Fsp3) is 0.316. The molecule has 4 aromatic rings. The van der Waals surface area contributed by atoms with E-state index < -0.39 is 34.3 Å². The minimum Gasteiger partial charge on any atom is -0.352 e. The van der Waals surface area contributed by atoms with Gasteiger partial charge in [0.05, 0.1) is 10.6 Å². The lowest BCUT2D eigenvalue weighted by atomic mass is 10.0. The zero-order valence-corrected chi connectivity index (χ0v) is 28.0. The maximum atomic E-state index is 15.2.